The summed E-state index contributed by atoms with van der Waals surface area (Å²) in [6.07, 6.45) is 0.662. The van der Waals surface area contributed by atoms with Gasteiger partial charge in [0, 0.05) is 34.4 Å². The number of hydrogen-bond acceptors (Lipinski definition) is 3. The molecule has 1 aromatic heterocycles. The van der Waals surface area contributed by atoms with E-state index in [0.717, 1.165) is 62.1 Å². The second-order valence-corrected chi connectivity index (χ2v) is 9.30. The molecule has 0 saturated heterocycles. The average molecular weight is 450 g/mol. The molecular formula is C30H27NO3. The standard InChI is InChI=1S/C30H27NO3/c1-18-14-25-24-9-5-7-11-29(24)34-20(3)16-19(2)33-21-12-13-23-22-8-4-6-10-26(22)31(27(23)17-21)28(15-18)30(25)32/h4-15,17,19-20,32H,16H2,1-3H3. The van der Waals surface area contributed by atoms with Crippen molar-refractivity contribution < 1.29 is 14.6 Å². The molecule has 1 aliphatic heterocycles. The summed E-state index contributed by atoms with van der Waals surface area (Å²) in [4.78, 5) is 0. The van der Waals surface area contributed by atoms with Crippen LogP contribution in [0.4, 0.5) is 0 Å². The van der Waals surface area contributed by atoms with Gasteiger partial charge in [-0.2, -0.15) is 0 Å². The van der Waals surface area contributed by atoms with E-state index in [1.807, 2.05) is 48.5 Å². The maximum atomic E-state index is 11.7. The van der Waals surface area contributed by atoms with Crippen molar-refractivity contribution in [2.45, 2.75) is 39.4 Å². The normalized spacial score (nSPS) is 17.7. The summed E-state index contributed by atoms with van der Waals surface area (Å²) in [6.45, 7) is 6.20. The summed E-state index contributed by atoms with van der Waals surface area (Å²) in [5.74, 6) is 1.79. The lowest BCUT2D eigenvalue weighted by Crippen LogP contribution is -2.23. The van der Waals surface area contributed by atoms with E-state index >= 15 is 0 Å². The van der Waals surface area contributed by atoms with E-state index in [9.17, 15) is 5.11 Å². The lowest BCUT2D eigenvalue weighted by Gasteiger charge is -2.23. The number of fused-ring (bicyclic) bond motifs is 9. The minimum absolute atomic E-state index is 0.0196. The van der Waals surface area contributed by atoms with Crippen LogP contribution in [0.1, 0.15) is 25.8 Å². The van der Waals surface area contributed by atoms with Crippen LogP contribution in [-0.4, -0.2) is 21.9 Å². The molecule has 0 fully saturated rings. The van der Waals surface area contributed by atoms with Gasteiger partial charge < -0.3 is 19.1 Å². The minimum Gasteiger partial charge on any atom is -0.505 e. The number of phenols is 1. The first-order valence-corrected chi connectivity index (χ1v) is 11.8. The fourth-order valence-electron chi connectivity index (χ4n) is 5.22. The minimum atomic E-state index is -0.0549. The Kier molecular flexibility index (Phi) is 4.77. The first kappa shape index (κ1) is 20.7. The first-order valence-electron chi connectivity index (χ1n) is 11.8. The predicted molar refractivity (Wildman–Crippen MR) is 137 cm³/mol. The summed E-state index contributed by atoms with van der Waals surface area (Å²) in [7, 11) is 0. The average Bonchev–Trinajstić information content (AvgIpc) is 3.13. The van der Waals surface area contributed by atoms with Gasteiger partial charge in [-0.15, -0.1) is 0 Å². The van der Waals surface area contributed by atoms with E-state index in [4.69, 9.17) is 9.47 Å². The number of aromatic nitrogens is 1. The molecular weight excluding hydrogens is 422 g/mol. The van der Waals surface area contributed by atoms with Gasteiger partial charge in [0.1, 0.15) is 17.2 Å². The van der Waals surface area contributed by atoms with Crippen LogP contribution in [0, 0.1) is 6.92 Å². The SMILES string of the molecule is Cc1cc2c(O)c(c1)-n1c3ccccc3c3ccc(cc31)OC(C)CC(C)Oc1ccccc1-2. The molecule has 0 aliphatic carbocycles. The fourth-order valence-corrected chi connectivity index (χ4v) is 5.22. The number of benzene rings is 4. The Morgan fingerprint density at radius 1 is 0.765 bits per heavy atom. The number of hydrogen-bond donors (Lipinski definition) is 1. The first-order chi connectivity index (χ1) is 16.5. The monoisotopic (exact) mass is 449 g/mol. The van der Waals surface area contributed by atoms with Gasteiger partial charge >= 0.3 is 0 Å². The second-order valence-electron chi connectivity index (χ2n) is 9.30. The van der Waals surface area contributed by atoms with Gasteiger partial charge in [-0.05, 0) is 62.7 Å². The highest BCUT2D eigenvalue weighted by atomic mass is 16.5. The highest BCUT2D eigenvalue weighted by molar-refractivity contribution is 6.10. The summed E-state index contributed by atoms with van der Waals surface area (Å²) in [6, 6.07) is 26.5. The summed E-state index contributed by atoms with van der Waals surface area (Å²) < 4.78 is 14.8. The molecule has 34 heavy (non-hydrogen) atoms. The highest BCUT2D eigenvalue weighted by Crippen LogP contribution is 2.43. The molecule has 4 bridgehead atoms. The Morgan fingerprint density at radius 3 is 2.38 bits per heavy atom. The zero-order valence-corrected chi connectivity index (χ0v) is 19.6. The zero-order valence-electron chi connectivity index (χ0n) is 19.6. The van der Waals surface area contributed by atoms with Crippen LogP contribution in [0.5, 0.6) is 17.2 Å². The van der Waals surface area contributed by atoms with E-state index in [1.165, 1.54) is 0 Å². The van der Waals surface area contributed by atoms with E-state index in [1.54, 1.807) is 0 Å². The molecule has 6 rings (SSSR count). The number of para-hydroxylation sites is 2. The van der Waals surface area contributed by atoms with Gasteiger partial charge in [0.15, 0.2) is 0 Å². The lowest BCUT2D eigenvalue weighted by atomic mass is 9.99. The Morgan fingerprint density at radius 2 is 1.50 bits per heavy atom. The fraction of sp³-hybridized carbons (Fsp3) is 0.200. The summed E-state index contributed by atoms with van der Waals surface area (Å²) in [5.41, 5.74) is 5.49. The van der Waals surface area contributed by atoms with E-state index < -0.39 is 0 Å². The lowest BCUT2D eigenvalue weighted by molar-refractivity contribution is 0.131. The molecule has 4 nitrogen and oxygen atoms in total. The molecule has 0 saturated carbocycles. The molecule has 0 spiro atoms. The number of phenolic OH excluding ortho intramolecular Hbond substituents is 1. The Balaban J connectivity index is 1.74. The van der Waals surface area contributed by atoms with Crippen LogP contribution < -0.4 is 9.47 Å². The third-order valence-electron chi connectivity index (χ3n) is 6.63. The number of nitrogens with zero attached hydrogens (tertiary/aromatic N) is 1. The van der Waals surface area contributed by atoms with Gasteiger partial charge in [0.2, 0.25) is 0 Å². The van der Waals surface area contributed by atoms with Crippen LogP contribution >= 0.6 is 0 Å². The third kappa shape index (κ3) is 3.29. The largest absolute Gasteiger partial charge is 0.505 e. The summed E-state index contributed by atoms with van der Waals surface area (Å²) >= 11 is 0. The predicted octanol–water partition coefficient (Wildman–Crippen LogP) is 7.40. The summed E-state index contributed by atoms with van der Waals surface area (Å²) in [5, 5.41) is 14.0. The Bertz CT molecular complexity index is 1550. The molecule has 1 aliphatic rings. The van der Waals surface area contributed by atoms with Crippen LogP contribution in [0.25, 0.3) is 38.6 Å². The molecule has 0 amide bonds. The number of rotatable bonds is 0. The quantitative estimate of drug-likeness (QED) is 0.268. The molecule has 4 heteroatoms. The van der Waals surface area contributed by atoms with Gasteiger partial charge in [0.25, 0.3) is 0 Å². The smallest absolute Gasteiger partial charge is 0.147 e. The number of ether oxygens (including phenoxy) is 2. The third-order valence-corrected chi connectivity index (χ3v) is 6.63. The molecule has 0 radical (unpaired) electrons. The molecule has 1 N–H and O–H groups in total. The van der Waals surface area contributed by atoms with Gasteiger partial charge in [-0.25, -0.2) is 0 Å². The van der Waals surface area contributed by atoms with Crippen molar-refractivity contribution in [1.82, 2.24) is 4.57 Å². The molecule has 170 valence electrons. The molecule has 4 aromatic carbocycles. The highest BCUT2D eigenvalue weighted by Gasteiger charge is 2.22. The molecule has 2 unspecified atom stereocenters. The van der Waals surface area contributed by atoms with E-state index in [2.05, 4.69) is 55.7 Å². The molecule has 2 atom stereocenters. The van der Waals surface area contributed by atoms with Crippen molar-refractivity contribution in [2.75, 3.05) is 0 Å². The van der Waals surface area contributed by atoms with Crippen molar-refractivity contribution in [2.24, 2.45) is 0 Å². The topological polar surface area (TPSA) is 43.6 Å². The van der Waals surface area contributed by atoms with Crippen molar-refractivity contribution in [3.8, 4) is 34.1 Å². The second kappa shape index (κ2) is 7.84. The number of aryl methyl sites for hydroxylation is 1. The van der Waals surface area contributed by atoms with Crippen molar-refractivity contribution in [3.63, 3.8) is 0 Å². The van der Waals surface area contributed by atoms with Crippen molar-refractivity contribution >= 4 is 21.8 Å². The Labute approximate surface area is 199 Å². The van der Waals surface area contributed by atoms with Crippen LogP contribution in [0.15, 0.2) is 78.9 Å². The van der Waals surface area contributed by atoms with E-state index in [-0.39, 0.29) is 18.0 Å². The van der Waals surface area contributed by atoms with Crippen LogP contribution in [0.2, 0.25) is 0 Å². The van der Waals surface area contributed by atoms with Crippen LogP contribution in [-0.2, 0) is 0 Å². The van der Waals surface area contributed by atoms with Crippen molar-refractivity contribution in [3.05, 3.63) is 84.4 Å². The zero-order chi connectivity index (χ0) is 23.4. The maximum Gasteiger partial charge on any atom is 0.147 e. The van der Waals surface area contributed by atoms with Gasteiger partial charge in [0.05, 0.1) is 28.9 Å². The van der Waals surface area contributed by atoms with Gasteiger partial charge in [-0.1, -0.05) is 36.4 Å². The molecule has 5 aromatic rings. The van der Waals surface area contributed by atoms with Crippen molar-refractivity contribution in [1.29, 1.82) is 0 Å². The van der Waals surface area contributed by atoms with E-state index in [0.29, 0.717) is 0 Å². The van der Waals surface area contributed by atoms with Crippen LogP contribution in [0.3, 0.4) is 0 Å². The van der Waals surface area contributed by atoms with Gasteiger partial charge in [-0.3, -0.25) is 0 Å². The molecule has 2 heterocycles. The Hall–Kier alpha value is -3.92. The number of aromatic hydroxyl groups is 1. The maximum absolute atomic E-state index is 11.7.